The minimum atomic E-state index is -0.510. The molecule has 0 bridgehead atoms. The number of amides is 4. The van der Waals surface area contributed by atoms with E-state index in [-0.39, 0.29) is 30.7 Å². The first-order chi connectivity index (χ1) is 13.4. The number of likely N-dealkylation sites (N-methyl/N-ethyl adjacent to an activating group) is 1. The molecule has 2 aliphatic heterocycles. The molecule has 4 amide bonds. The Bertz CT molecular complexity index is 742. The van der Waals surface area contributed by atoms with Gasteiger partial charge in [0.25, 0.3) is 0 Å². The monoisotopic (exact) mass is 390 g/mol. The third kappa shape index (κ3) is 5.28. The van der Waals surface area contributed by atoms with Gasteiger partial charge in [-0.15, -0.1) is 0 Å². The highest BCUT2D eigenvalue weighted by atomic mass is 19.1. The molecule has 0 unspecified atom stereocenters. The van der Waals surface area contributed by atoms with Crippen LogP contribution in [0.2, 0.25) is 0 Å². The number of halogens is 1. The van der Waals surface area contributed by atoms with Crippen LogP contribution in [0.5, 0.6) is 0 Å². The van der Waals surface area contributed by atoms with Gasteiger partial charge in [0.15, 0.2) is 0 Å². The number of nitrogens with zero attached hydrogens (tertiary/aromatic N) is 3. The maximum absolute atomic E-state index is 13.8. The number of carbonyl (C=O) groups is 3. The van der Waals surface area contributed by atoms with Crippen LogP contribution in [0.15, 0.2) is 24.3 Å². The number of benzene rings is 1. The lowest BCUT2D eigenvalue weighted by Gasteiger charge is -2.35. The second-order valence-electron chi connectivity index (χ2n) is 7.63. The summed E-state index contributed by atoms with van der Waals surface area (Å²) in [5.41, 5.74) is 0.732. The molecule has 2 fully saturated rings. The van der Waals surface area contributed by atoms with Crippen molar-refractivity contribution in [1.29, 1.82) is 0 Å². The van der Waals surface area contributed by atoms with Gasteiger partial charge in [-0.2, -0.15) is 0 Å². The van der Waals surface area contributed by atoms with E-state index in [2.05, 4.69) is 10.2 Å². The fourth-order valence-electron chi connectivity index (χ4n) is 3.87. The Morgan fingerprint density at radius 2 is 2.11 bits per heavy atom. The first kappa shape index (κ1) is 20.3. The number of nitrogens with one attached hydrogen (secondary N) is 1. The van der Waals surface area contributed by atoms with Gasteiger partial charge in [-0.25, -0.2) is 9.18 Å². The van der Waals surface area contributed by atoms with Crippen molar-refractivity contribution in [1.82, 2.24) is 20.0 Å². The highest BCUT2D eigenvalue weighted by Crippen LogP contribution is 2.18. The van der Waals surface area contributed by atoms with Crippen LogP contribution in [0.4, 0.5) is 9.18 Å². The number of piperidine rings is 1. The maximum Gasteiger partial charge on any atom is 0.325 e. The quantitative estimate of drug-likeness (QED) is 0.708. The van der Waals surface area contributed by atoms with Gasteiger partial charge in [-0.05, 0) is 43.4 Å². The van der Waals surface area contributed by atoms with Crippen LogP contribution in [-0.4, -0.2) is 78.9 Å². The average Bonchev–Trinajstić information content (AvgIpc) is 2.98. The molecule has 8 heteroatoms. The van der Waals surface area contributed by atoms with Crippen molar-refractivity contribution < 1.29 is 18.8 Å². The summed E-state index contributed by atoms with van der Waals surface area (Å²) in [6.07, 6.45) is 2.76. The number of hydrogen-bond acceptors (Lipinski definition) is 4. The lowest BCUT2D eigenvalue weighted by atomic mass is 9.97. The largest absolute Gasteiger partial charge is 0.344 e. The van der Waals surface area contributed by atoms with Crippen LogP contribution in [0, 0.1) is 11.7 Å². The lowest BCUT2D eigenvalue weighted by Crippen LogP contribution is -2.45. The summed E-state index contributed by atoms with van der Waals surface area (Å²) >= 11 is 0. The van der Waals surface area contributed by atoms with E-state index in [1.54, 1.807) is 18.0 Å². The van der Waals surface area contributed by atoms with Crippen LogP contribution in [0.1, 0.15) is 18.4 Å². The molecule has 2 saturated heterocycles. The number of rotatable bonds is 7. The summed E-state index contributed by atoms with van der Waals surface area (Å²) in [5.74, 6) is -0.366. The molecule has 2 aliphatic rings. The molecule has 1 aromatic carbocycles. The molecular formula is C20H27FN4O3. The number of likely N-dealkylation sites (tertiary alicyclic amines) is 1. The summed E-state index contributed by atoms with van der Waals surface area (Å²) in [6.45, 7) is 3.11. The van der Waals surface area contributed by atoms with E-state index >= 15 is 0 Å². The maximum atomic E-state index is 13.8. The number of hydrogen-bond donors (Lipinski definition) is 1. The van der Waals surface area contributed by atoms with Crippen molar-refractivity contribution in [3.05, 3.63) is 35.6 Å². The lowest BCUT2D eigenvalue weighted by molar-refractivity contribution is -0.131. The first-order valence-corrected chi connectivity index (χ1v) is 9.71. The van der Waals surface area contributed by atoms with Crippen LogP contribution < -0.4 is 5.32 Å². The fraction of sp³-hybridized carbons (Fsp3) is 0.550. The second kappa shape index (κ2) is 9.14. The zero-order valence-electron chi connectivity index (χ0n) is 16.2. The molecule has 2 heterocycles. The van der Waals surface area contributed by atoms with E-state index in [0.717, 1.165) is 38.0 Å². The molecular weight excluding hydrogens is 363 g/mol. The van der Waals surface area contributed by atoms with Crippen LogP contribution in [0.3, 0.4) is 0 Å². The Morgan fingerprint density at radius 1 is 1.32 bits per heavy atom. The molecule has 0 aliphatic carbocycles. The van der Waals surface area contributed by atoms with Gasteiger partial charge < -0.3 is 14.7 Å². The van der Waals surface area contributed by atoms with Crippen molar-refractivity contribution >= 4 is 17.8 Å². The summed E-state index contributed by atoms with van der Waals surface area (Å²) in [7, 11) is 1.73. The van der Waals surface area contributed by atoms with Gasteiger partial charge in [-0.1, -0.05) is 18.2 Å². The van der Waals surface area contributed by atoms with Gasteiger partial charge in [0.05, 0.1) is 0 Å². The summed E-state index contributed by atoms with van der Waals surface area (Å²) in [5, 5.41) is 2.17. The number of carbonyl (C=O) groups excluding carboxylic acids is 3. The molecule has 0 aromatic heterocycles. The Hall–Kier alpha value is -2.48. The highest BCUT2D eigenvalue weighted by Gasteiger charge is 2.30. The van der Waals surface area contributed by atoms with Crippen molar-refractivity contribution in [2.75, 3.05) is 46.3 Å². The molecule has 3 rings (SSSR count). The number of urea groups is 1. The standard InChI is InChI=1S/C20H27FN4O3/c1-23(19(27)14-25-13-18(26)22-20(25)28)11-15-5-4-9-24(12-15)10-8-16-6-2-3-7-17(16)21/h2-3,6-7,15H,4-5,8-14H2,1H3,(H,22,26,28)/t15-/m0/s1. The normalized spacial score (nSPS) is 20.4. The fourth-order valence-corrected chi connectivity index (χ4v) is 3.87. The summed E-state index contributed by atoms with van der Waals surface area (Å²) < 4.78 is 13.8. The molecule has 0 spiro atoms. The van der Waals surface area contributed by atoms with E-state index in [9.17, 15) is 18.8 Å². The molecule has 1 atom stereocenters. The summed E-state index contributed by atoms with van der Waals surface area (Å²) in [6, 6.07) is 6.35. The van der Waals surface area contributed by atoms with Crippen molar-refractivity contribution in [3.63, 3.8) is 0 Å². The van der Waals surface area contributed by atoms with Crippen LogP contribution >= 0.6 is 0 Å². The third-order valence-corrected chi connectivity index (χ3v) is 5.41. The molecule has 1 aromatic rings. The zero-order valence-corrected chi connectivity index (χ0v) is 16.2. The Morgan fingerprint density at radius 3 is 2.82 bits per heavy atom. The van der Waals surface area contributed by atoms with Gasteiger partial charge in [0.2, 0.25) is 11.8 Å². The van der Waals surface area contributed by atoms with E-state index in [4.69, 9.17) is 0 Å². The zero-order chi connectivity index (χ0) is 20.1. The Labute approximate surface area is 164 Å². The van der Waals surface area contributed by atoms with Crippen LogP contribution in [0.25, 0.3) is 0 Å². The van der Waals surface area contributed by atoms with E-state index in [1.165, 1.54) is 11.0 Å². The highest BCUT2D eigenvalue weighted by molar-refractivity contribution is 6.03. The van der Waals surface area contributed by atoms with E-state index < -0.39 is 6.03 Å². The molecule has 7 nitrogen and oxygen atoms in total. The predicted molar refractivity (Wildman–Crippen MR) is 102 cm³/mol. The number of imide groups is 1. The van der Waals surface area contributed by atoms with Crippen molar-refractivity contribution in [3.8, 4) is 0 Å². The van der Waals surface area contributed by atoms with Gasteiger partial charge >= 0.3 is 6.03 Å². The van der Waals surface area contributed by atoms with E-state index in [0.29, 0.717) is 18.9 Å². The smallest absolute Gasteiger partial charge is 0.325 e. The molecule has 152 valence electrons. The van der Waals surface area contributed by atoms with Crippen LogP contribution in [-0.2, 0) is 16.0 Å². The molecule has 1 N–H and O–H groups in total. The Kier molecular flexibility index (Phi) is 6.61. The minimum absolute atomic E-state index is 0.0638. The van der Waals surface area contributed by atoms with Crippen molar-refractivity contribution in [2.45, 2.75) is 19.3 Å². The summed E-state index contributed by atoms with van der Waals surface area (Å²) in [4.78, 5) is 40.4. The van der Waals surface area contributed by atoms with Gasteiger partial charge in [0.1, 0.15) is 18.9 Å². The second-order valence-corrected chi connectivity index (χ2v) is 7.63. The molecule has 0 radical (unpaired) electrons. The third-order valence-electron chi connectivity index (χ3n) is 5.41. The van der Waals surface area contributed by atoms with Gasteiger partial charge in [-0.3, -0.25) is 14.9 Å². The SMILES string of the molecule is CN(C[C@@H]1CCCN(CCc2ccccc2F)C1)C(=O)CN1CC(=O)NC1=O. The van der Waals surface area contributed by atoms with Crippen molar-refractivity contribution in [2.24, 2.45) is 5.92 Å². The molecule has 28 heavy (non-hydrogen) atoms. The topological polar surface area (TPSA) is 73.0 Å². The Balaban J connectivity index is 1.44. The van der Waals surface area contributed by atoms with Gasteiger partial charge in [0, 0.05) is 26.7 Å². The first-order valence-electron chi connectivity index (χ1n) is 9.71. The average molecular weight is 390 g/mol. The predicted octanol–water partition coefficient (Wildman–Crippen LogP) is 1.09. The van der Waals surface area contributed by atoms with E-state index in [1.807, 2.05) is 12.1 Å². The molecule has 0 saturated carbocycles. The minimum Gasteiger partial charge on any atom is -0.344 e.